The van der Waals surface area contributed by atoms with Crippen LogP contribution in [0.1, 0.15) is 20.3 Å². The average molecular weight is 395 g/mol. The van der Waals surface area contributed by atoms with Crippen LogP contribution >= 0.6 is 11.8 Å². The van der Waals surface area contributed by atoms with Gasteiger partial charge >= 0.3 is 0 Å². The highest BCUT2D eigenvalue weighted by atomic mass is 32.2. The maximum absolute atomic E-state index is 12.4. The van der Waals surface area contributed by atoms with Gasteiger partial charge in [0.15, 0.2) is 15.0 Å². The number of carbonyl (C=O) groups is 1. The van der Waals surface area contributed by atoms with Crippen LogP contribution in [0.15, 0.2) is 29.4 Å². The van der Waals surface area contributed by atoms with E-state index in [0.29, 0.717) is 11.6 Å². The first-order chi connectivity index (χ1) is 12.4. The van der Waals surface area contributed by atoms with Crippen molar-refractivity contribution in [2.75, 3.05) is 23.4 Å². The van der Waals surface area contributed by atoms with Crippen LogP contribution < -0.4 is 10.6 Å². The summed E-state index contributed by atoms with van der Waals surface area (Å²) in [5.74, 6) is 0.709. The minimum absolute atomic E-state index is 0.0210. The highest BCUT2D eigenvalue weighted by molar-refractivity contribution is 8.00. The van der Waals surface area contributed by atoms with Crippen molar-refractivity contribution in [2.45, 2.75) is 36.7 Å². The topological polar surface area (TPSA) is 101 Å². The second-order valence-electron chi connectivity index (χ2n) is 6.27. The fourth-order valence-electron chi connectivity index (χ4n) is 2.85. The number of hydrogen-bond acceptors (Lipinski definition) is 7. The maximum Gasteiger partial charge on any atom is 0.233 e. The number of carbonyl (C=O) groups excluding carboxylic acids is 1. The summed E-state index contributed by atoms with van der Waals surface area (Å²) in [4.78, 5) is 21.5. The second kappa shape index (κ2) is 7.79. The van der Waals surface area contributed by atoms with Crippen LogP contribution in [-0.2, 0) is 14.6 Å². The second-order valence-corrected chi connectivity index (χ2v) is 9.81. The fraction of sp³-hybridized carbons (Fsp3) is 0.471. The molecule has 140 valence electrons. The fourth-order valence-corrected chi connectivity index (χ4v) is 5.31. The van der Waals surface area contributed by atoms with Crippen LogP contribution in [0.25, 0.3) is 10.9 Å². The molecule has 2 atom stereocenters. The number of rotatable bonds is 6. The summed E-state index contributed by atoms with van der Waals surface area (Å²) in [5, 5.41) is 7.08. The molecule has 9 heteroatoms. The molecule has 2 aromatic rings. The van der Waals surface area contributed by atoms with Crippen molar-refractivity contribution in [3.05, 3.63) is 24.3 Å². The molecule has 26 heavy (non-hydrogen) atoms. The lowest BCUT2D eigenvalue weighted by Crippen LogP contribution is -2.40. The SMILES string of the molecule is CCNc1nc(SC(C)C(=O)NC2CCS(=O)(=O)C2)nc2ccccc12. The Morgan fingerprint density at radius 3 is 2.81 bits per heavy atom. The Labute approximate surface area is 157 Å². The molecule has 1 fully saturated rings. The van der Waals surface area contributed by atoms with Crippen LogP contribution in [0.4, 0.5) is 5.82 Å². The summed E-state index contributed by atoms with van der Waals surface area (Å²) in [5.41, 5.74) is 0.815. The first-order valence-electron chi connectivity index (χ1n) is 8.56. The van der Waals surface area contributed by atoms with Gasteiger partial charge in [-0.2, -0.15) is 0 Å². The molecular weight excluding hydrogens is 372 g/mol. The van der Waals surface area contributed by atoms with E-state index in [9.17, 15) is 13.2 Å². The van der Waals surface area contributed by atoms with Gasteiger partial charge in [-0.1, -0.05) is 23.9 Å². The van der Waals surface area contributed by atoms with E-state index in [1.807, 2.05) is 31.2 Å². The van der Waals surface area contributed by atoms with Gasteiger partial charge in [-0.15, -0.1) is 0 Å². The zero-order valence-electron chi connectivity index (χ0n) is 14.7. The van der Waals surface area contributed by atoms with Gasteiger partial charge in [-0.05, 0) is 32.4 Å². The Hall–Kier alpha value is -1.87. The van der Waals surface area contributed by atoms with Crippen LogP contribution in [0, 0.1) is 0 Å². The number of hydrogen-bond donors (Lipinski definition) is 2. The van der Waals surface area contributed by atoms with E-state index in [0.717, 1.165) is 23.3 Å². The molecular formula is C17H22N4O3S2. The lowest BCUT2D eigenvalue weighted by atomic mass is 10.2. The molecule has 1 aliphatic heterocycles. The number of sulfone groups is 1. The molecule has 0 aliphatic carbocycles. The predicted octanol–water partition coefficient (Wildman–Crippen LogP) is 1.85. The third kappa shape index (κ3) is 4.45. The van der Waals surface area contributed by atoms with E-state index in [1.165, 1.54) is 11.8 Å². The largest absolute Gasteiger partial charge is 0.370 e. The molecule has 2 N–H and O–H groups in total. The number of anilines is 1. The van der Waals surface area contributed by atoms with Gasteiger partial charge < -0.3 is 10.6 Å². The highest BCUT2D eigenvalue weighted by Gasteiger charge is 2.30. The molecule has 1 amide bonds. The molecule has 0 bridgehead atoms. The normalized spacial score (nSPS) is 20.0. The number of thioether (sulfide) groups is 1. The Morgan fingerprint density at radius 1 is 1.35 bits per heavy atom. The van der Waals surface area contributed by atoms with Gasteiger partial charge in [0.25, 0.3) is 0 Å². The average Bonchev–Trinajstić information content (AvgIpc) is 2.93. The molecule has 0 saturated carbocycles. The van der Waals surface area contributed by atoms with Crippen LogP contribution in [0.5, 0.6) is 0 Å². The Bertz CT molecular complexity index is 917. The first kappa shape index (κ1) is 18.9. The molecule has 1 aromatic heterocycles. The quantitative estimate of drug-likeness (QED) is 0.569. The maximum atomic E-state index is 12.4. The van der Waals surface area contributed by atoms with Gasteiger partial charge in [0.1, 0.15) is 5.82 Å². The number of benzene rings is 1. The van der Waals surface area contributed by atoms with Crippen LogP contribution in [0.2, 0.25) is 0 Å². The number of nitrogens with one attached hydrogen (secondary N) is 2. The van der Waals surface area contributed by atoms with Crippen molar-refractivity contribution in [3.63, 3.8) is 0 Å². The van der Waals surface area contributed by atoms with E-state index in [2.05, 4.69) is 20.6 Å². The molecule has 2 unspecified atom stereocenters. The summed E-state index contributed by atoms with van der Waals surface area (Å²) in [7, 11) is -3.02. The van der Waals surface area contributed by atoms with E-state index in [-0.39, 0.29) is 23.5 Å². The van der Waals surface area contributed by atoms with Crippen molar-refractivity contribution in [3.8, 4) is 0 Å². The Morgan fingerprint density at radius 2 is 2.12 bits per heavy atom. The zero-order chi connectivity index (χ0) is 18.7. The molecule has 0 spiro atoms. The van der Waals surface area contributed by atoms with Crippen molar-refractivity contribution in [1.29, 1.82) is 0 Å². The number of aromatic nitrogens is 2. The standard InChI is InChI=1S/C17H22N4O3S2/c1-3-18-15-13-6-4-5-7-14(13)20-17(21-15)25-11(2)16(22)19-12-8-9-26(23,24)10-12/h4-7,11-12H,3,8-10H2,1-2H3,(H,19,22)(H,18,20,21). The number of fused-ring (bicyclic) bond motifs is 1. The van der Waals surface area contributed by atoms with Crippen molar-refractivity contribution in [1.82, 2.24) is 15.3 Å². The molecule has 1 aromatic carbocycles. The van der Waals surface area contributed by atoms with Gasteiger partial charge in [0.05, 0.1) is 22.3 Å². The van der Waals surface area contributed by atoms with Crippen molar-refractivity contribution < 1.29 is 13.2 Å². The van der Waals surface area contributed by atoms with Crippen molar-refractivity contribution in [2.24, 2.45) is 0 Å². The van der Waals surface area contributed by atoms with Crippen LogP contribution in [0.3, 0.4) is 0 Å². The van der Waals surface area contributed by atoms with Gasteiger partial charge in [0, 0.05) is 18.0 Å². The van der Waals surface area contributed by atoms with E-state index in [1.54, 1.807) is 6.92 Å². The smallest absolute Gasteiger partial charge is 0.233 e. The van der Waals surface area contributed by atoms with Gasteiger partial charge in [-0.3, -0.25) is 4.79 Å². The summed E-state index contributed by atoms with van der Waals surface area (Å²) in [6, 6.07) is 7.42. The summed E-state index contributed by atoms with van der Waals surface area (Å²) in [6.07, 6.45) is 0.475. The number of nitrogens with zero attached hydrogens (tertiary/aromatic N) is 2. The molecule has 1 saturated heterocycles. The summed E-state index contributed by atoms with van der Waals surface area (Å²) < 4.78 is 23.0. The third-order valence-corrected chi connectivity index (χ3v) is 6.89. The summed E-state index contributed by atoms with van der Waals surface area (Å²) in [6.45, 7) is 4.50. The summed E-state index contributed by atoms with van der Waals surface area (Å²) >= 11 is 1.27. The molecule has 2 heterocycles. The lowest BCUT2D eigenvalue weighted by Gasteiger charge is -2.16. The highest BCUT2D eigenvalue weighted by Crippen LogP contribution is 2.27. The van der Waals surface area contributed by atoms with E-state index >= 15 is 0 Å². The lowest BCUT2D eigenvalue weighted by molar-refractivity contribution is -0.120. The number of para-hydroxylation sites is 1. The molecule has 1 aliphatic rings. The third-order valence-electron chi connectivity index (χ3n) is 4.16. The molecule has 0 radical (unpaired) electrons. The minimum atomic E-state index is -3.02. The van der Waals surface area contributed by atoms with Crippen molar-refractivity contribution >= 4 is 44.2 Å². The minimum Gasteiger partial charge on any atom is -0.370 e. The van der Waals surface area contributed by atoms with Gasteiger partial charge in [-0.25, -0.2) is 18.4 Å². The predicted molar refractivity (Wildman–Crippen MR) is 104 cm³/mol. The van der Waals surface area contributed by atoms with E-state index < -0.39 is 15.1 Å². The zero-order valence-corrected chi connectivity index (χ0v) is 16.4. The molecule has 3 rings (SSSR count). The number of amides is 1. The Balaban J connectivity index is 1.72. The molecule has 7 nitrogen and oxygen atoms in total. The monoisotopic (exact) mass is 394 g/mol. The first-order valence-corrected chi connectivity index (χ1v) is 11.3. The van der Waals surface area contributed by atoms with E-state index in [4.69, 9.17) is 0 Å². The van der Waals surface area contributed by atoms with Gasteiger partial charge in [0.2, 0.25) is 5.91 Å². The van der Waals surface area contributed by atoms with Crippen LogP contribution in [-0.4, -0.2) is 53.6 Å². The Kier molecular flexibility index (Phi) is 5.67.